The number of hydrogen-bond acceptors (Lipinski definition) is 8. The van der Waals surface area contributed by atoms with E-state index in [4.69, 9.17) is 4.74 Å². The van der Waals surface area contributed by atoms with Gasteiger partial charge in [-0.2, -0.15) is 5.10 Å². The highest BCUT2D eigenvalue weighted by Gasteiger charge is 2.24. The SMILES string of the molecule is CCOC(=O)c1sc2ncnc(NC3CCCN(c4cnn(C)c4)C3)c2c1C. The predicted molar refractivity (Wildman–Crippen MR) is 110 cm³/mol. The maximum Gasteiger partial charge on any atom is 0.348 e. The summed E-state index contributed by atoms with van der Waals surface area (Å²) in [6.07, 6.45) is 7.66. The zero-order chi connectivity index (χ0) is 19.7. The number of ether oxygens (including phenoxy) is 1. The van der Waals surface area contributed by atoms with E-state index in [2.05, 4.69) is 25.3 Å². The van der Waals surface area contributed by atoms with E-state index in [0.717, 1.165) is 53.2 Å². The van der Waals surface area contributed by atoms with Gasteiger partial charge >= 0.3 is 5.97 Å². The first-order valence-corrected chi connectivity index (χ1v) is 10.3. The second-order valence-electron chi connectivity index (χ2n) is 6.98. The molecule has 0 aliphatic carbocycles. The average molecular weight is 401 g/mol. The first-order chi connectivity index (χ1) is 13.6. The Balaban J connectivity index is 1.58. The third-order valence-corrected chi connectivity index (χ3v) is 6.19. The molecule has 9 heteroatoms. The number of piperidine rings is 1. The molecular weight excluding hydrogens is 376 g/mol. The normalized spacial score (nSPS) is 17.1. The summed E-state index contributed by atoms with van der Waals surface area (Å²) in [5, 5.41) is 8.78. The molecule has 1 aliphatic heterocycles. The van der Waals surface area contributed by atoms with E-state index < -0.39 is 0 Å². The maximum absolute atomic E-state index is 12.2. The monoisotopic (exact) mass is 400 g/mol. The lowest BCUT2D eigenvalue weighted by molar-refractivity contribution is 0.0531. The molecule has 8 nitrogen and oxygen atoms in total. The van der Waals surface area contributed by atoms with Crippen LogP contribution in [0.25, 0.3) is 10.2 Å². The van der Waals surface area contributed by atoms with Crippen LogP contribution in [0, 0.1) is 6.92 Å². The smallest absolute Gasteiger partial charge is 0.348 e. The molecule has 4 rings (SSSR count). The van der Waals surface area contributed by atoms with Crippen molar-refractivity contribution in [1.82, 2.24) is 19.7 Å². The fourth-order valence-corrected chi connectivity index (χ4v) is 4.71. The van der Waals surface area contributed by atoms with E-state index in [0.29, 0.717) is 11.5 Å². The first-order valence-electron chi connectivity index (χ1n) is 9.48. The molecule has 0 aromatic carbocycles. The molecule has 0 radical (unpaired) electrons. The number of nitrogens with zero attached hydrogens (tertiary/aromatic N) is 5. The molecule has 4 heterocycles. The zero-order valence-electron chi connectivity index (χ0n) is 16.3. The van der Waals surface area contributed by atoms with Crippen molar-refractivity contribution in [1.29, 1.82) is 0 Å². The van der Waals surface area contributed by atoms with Crippen LogP contribution in [0.1, 0.15) is 35.0 Å². The topological polar surface area (TPSA) is 85.2 Å². The number of carbonyl (C=O) groups excluding carboxylic acids is 1. The van der Waals surface area contributed by atoms with E-state index in [1.54, 1.807) is 6.33 Å². The summed E-state index contributed by atoms with van der Waals surface area (Å²) in [5.41, 5.74) is 2.01. The van der Waals surface area contributed by atoms with Crippen LogP contribution < -0.4 is 10.2 Å². The van der Waals surface area contributed by atoms with Crippen molar-refractivity contribution in [3.05, 3.63) is 29.2 Å². The lowest BCUT2D eigenvalue weighted by Crippen LogP contribution is -2.42. The van der Waals surface area contributed by atoms with Gasteiger partial charge in [-0.1, -0.05) is 0 Å². The summed E-state index contributed by atoms with van der Waals surface area (Å²) in [7, 11) is 1.93. The maximum atomic E-state index is 12.2. The van der Waals surface area contributed by atoms with E-state index >= 15 is 0 Å². The van der Waals surface area contributed by atoms with Gasteiger partial charge in [0.05, 0.1) is 23.9 Å². The van der Waals surface area contributed by atoms with Crippen LogP contribution in [0.4, 0.5) is 11.5 Å². The van der Waals surface area contributed by atoms with Gasteiger partial charge in [0.15, 0.2) is 0 Å². The van der Waals surface area contributed by atoms with Crippen LogP contribution in [0.3, 0.4) is 0 Å². The third kappa shape index (κ3) is 3.54. The third-order valence-electron chi connectivity index (χ3n) is 5.01. The van der Waals surface area contributed by atoms with E-state index in [9.17, 15) is 4.79 Å². The highest BCUT2D eigenvalue weighted by Crippen LogP contribution is 2.34. The Labute approximate surface area is 167 Å². The molecule has 3 aromatic rings. The lowest BCUT2D eigenvalue weighted by atomic mass is 10.0. The number of carbonyl (C=O) groups is 1. The highest BCUT2D eigenvalue weighted by atomic mass is 32.1. The van der Waals surface area contributed by atoms with Crippen LogP contribution in [-0.4, -0.2) is 51.5 Å². The van der Waals surface area contributed by atoms with Gasteiger partial charge in [-0.25, -0.2) is 14.8 Å². The summed E-state index contributed by atoms with van der Waals surface area (Å²) in [5.74, 6) is 0.488. The van der Waals surface area contributed by atoms with Crippen molar-refractivity contribution in [2.24, 2.45) is 7.05 Å². The van der Waals surface area contributed by atoms with E-state index in [1.165, 1.54) is 11.3 Å². The van der Waals surface area contributed by atoms with Gasteiger partial charge in [-0.05, 0) is 32.3 Å². The zero-order valence-corrected chi connectivity index (χ0v) is 17.1. The van der Waals surface area contributed by atoms with Crippen molar-refractivity contribution in [3.8, 4) is 0 Å². The summed E-state index contributed by atoms with van der Waals surface area (Å²) in [4.78, 5) is 24.8. The number of aromatic nitrogens is 4. The molecule has 1 atom stereocenters. The van der Waals surface area contributed by atoms with Crippen molar-refractivity contribution < 1.29 is 9.53 Å². The number of anilines is 2. The van der Waals surface area contributed by atoms with Gasteiger partial charge in [0, 0.05) is 32.4 Å². The summed E-state index contributed by atoms with van der Waals surface area (Å²) in [6, 6.07) is 0.261. The first kappa shape index (κ1) is 18.7. The minimum atomic E-state index is -0.297. The quantitative estimate of drug-likeness (QED) is 0.659. The standard InChI is InChI=1S/C19H24N6O2S/c1-4-27-19(26)16-12(2)15-17(20-11-21-18(15)28-16)23-13-6-5-7-25(9-13)14-8-22-24(3)10-14/h8,10-11,13H,4-7,9H2,1-3H3,(H,20,21,23). The van der Waals surface area contributed by atoms with Crippen LogP contribution in [0.15, 0.2) is 18.7 Å². The van der Waals surface area contributed by atoms with E-state index in [1.807, 2.05) is 38.0 Å². The van der Waals surface area contributed by atoms with Gasteiger partial charge < -0.3 is 15.0 Å². The molecule has 28 heavy (non-hydrogen) atoms. The molecule has 148 valence electrons. The number of hydrogen-bond donors (Lipinski definition) is 1. The van der Waals surface area contributed by atoms with Gasteiger partial charge in [0.1, 0.15) is 21.9 Å². The molecule has 1 aliphatic rings. The molecular formula is C19H24N6O2S. The van der Waals surface area contributed by atoms with Crippen molar-refractivity contribution in [3.63, 3.8) is 0 Å². The predicted octanol–water partition coefficient (Wildman–Crippen LogP) is 2.99. The Kier molecular flexibility index (Phi) is 5.17. The van der Waals surface area contributed by atoms with Gasteiger partial charge in [-0.3, -0.25) is 4.68 Å². The number of thiophene rings is 1. The Bertz CT molecular complexity index is 998. The molecule has 1 N–H and O–H groups in total. The highest BCUT2D eigenvalue weighted by molar-refractivity contribution is 7.20. The summed E-state index contributed by atoms with van der Waals surface area (Å²) in [6.45, 7) is 6.00. The second-order valence-corrected chi connectivity index (χ2v) is 7.98. The Morgan fingerprint density at radius 2 is 2.29 bits per heavy atom. The summed E-state index contributed by atoms with van der Waals surface area (Å²) >= 11 is 1.36. The molecule has 3 aromatic heterocycles. The minimum absolute atomic E-state index is 0.261. The molecule has 1 unspecified atom stereocenters. The Hall–Kier alpha value is -2.68. The van der Waals surface area contributed by atoms with Gasteiger partial charge in [0.25, 0.3) is 0 Å². The number of rotatable bonds is 5. The summed E-state index contributed by atoms with van der Waals surface area (Å²) < 4.78 is 7.01. The fourth-order valence-electron chi connectivity index (χ4n) is 3.67. The Morgan fingerprint density at radius 3 is 3.04 bits per heavy atom. The van der Waals surface area contributed by atoms with Crippen LogP contribution >= 0.6 is 11.3 Å². The molecule has 1 fully saturated rings. The van der Waals surface area contributed by atoms with E-state index in [-0.39, 0.29) is 12.0 Å². The molecule has 0 saturated carbocycles. The molecule has 0 bridgehead atoms. The average Bonchev–Trinajstić information content (AvgIpc) is 3.26. The van der Waals surface area contributed by atoms with Gasteiger partial charge in [-0.15, -0.1) is 11.3 Å². The molecule has 1 saturated heterocycles. The number of nitrogens with one attached hydrogen (secondary N) is 1. The van der Waals surface area contributed by atoms with Crippen LogP contribution in [0.5, 0.6) is 0 Å². The fraction of sp³-hybridized carbons (Fsp3) is 0.474. The molecule has 0 spiro atoms. The second kappa shape index (κ2) is 7.75. The lowest BCUT2D eigenvalue weighted by Gasteiger charge is -2.34. The largest absolute Gasteiger partial charge is 0.462 e. The van der Waals surface area contributed by atoms with Crippen molar-refractivity contribution >= 4 is 39.0 Å². The Morgan fingerprint density at radius 1 is 1.43 bits per heavy atom. The molecule has 0 amide bonds. The van der Waals surface area contributed by atoms with Crippen LogP contribution in [-0.2, 0) is 11.8 Å². The number of aryl methyl sites for hydroxylation is 2. The van der Waals surface area contributed by atoms with Crippen LogP contribution in [0.2, 0.25) is 0 Å². The number of esters is 1. The van der Waals surface area contributed by atoms with Gasteiger partial charge in [0.2, 0.25) is 0 Å². The van der Waals surface area contributed by atoms with Crippen molar-refractivity contribution in [2.75, 3.05) is 29.9 Å². The number of fused-ring (bicyclic) bond motifs is 1. The van der Waals surface area contributed by atoms with Crippen molar-refractivity contribution in [2.45, 2.75) is 32.7 Å². The minimum Gasteiger partial charge on any atom is -0.462 e.